The molecule has 0 N–H and O–H groups in total. The first-order chi connectivity index (χ1) is 7.67. The van der Waals surface area contributed by atoms with Crippen molar-refractivity contribution in [2.24, 2.45) is 0 Å². The summed E-state index contributed by atoms with van der Waals surface area (Å²) in [7, 11) is 5.35. The van der Waals surface area contributed by atoms with Crippen LogP contribution in [-0.2, 0) is 0 Å². The fourth-order valence-corrected chi connectivity index (χ4v) is 2.21. The van der Waals surface area contributed by atoms with Crippen molar-refractivity contribution < 1.29 is 9.47 Å². The number of methoxy groups -OCH3 is 2. The Balaban J connectivity index is 3.25. The van der Waals surface area contributed by atoms with Crippen molar-refractivity contribution in [2.75, 3.05) is 37.9 Å². The normalized spacial score (nSPS) is 10.1. The van der Waals surface area contributed by atoms with Gasteiger partial charge in [-0.25, -0.2) is 0 Å². The molecule has 0 atom stereocenters. The number of halogens is 1. The lowest BCUT2D eigenvalue weighted by molar-refractivity contribution is 0.394. The molecule has 0 heterocycles. The van der Waals surface area contributed by atoms with Crippen LogP contribution in [0.25, 0.3) is 0 Å². The van der Waals surface area contributed by atoms with E-state index in [9.17, 15) is 0 Å². The zero-order valence-corrected chi connectivity index (χ0v) is 12.3. The molecule has 3 nitrogen and oxygen atoms in total. The molecule has 0 aliphatic rings. The Morgan fingerprint density at radius 1 is 1.25 bits per heavy atom. The van der Waals surface area contributed by atoms with Crippen LogP contribution in [0.2, 0.25) is 0 Å². The zero-order valence-electron chi connectivity index (χ0n) is 9.91. The van der Waals surface area contributed by atoms with Crippen LogP contribution in [0.1, 0.15) is 0 Å². The number of anilines is 1. The van der Waals surface area contributed by atoms with Gasteiger partial charge in [-0.05, 0) is 12.3 Å². The number of ether oxygens (including phenoxy) is 2. The van der Waals surface area contributed by atoms with E-state index >= 15 is 0 Å². The van der Waals surface area contributed by atoms with Crippen molar-refractivity contribution in [1.82, 2.24) is 0 Å². The lowest BCUT2D eigenvalue weighted by Crippen LogP contribution is -2.15. The molecule has 0 radical (unpaired) electrons. The lowest BCUT2D eigenvalue weighted by atomic mass is 10.2. The monoisotopic (exact) mass is 305 g/mol. The molecule has 0 saturated heterocycles. The van der Waals surface area contributed by atoms with Crippen LogP contribution < -0.4 is 14.4 Å². The minimum absolute atomic E-state index is 0.741. The van der Waals surface area contributed by atoms with Crippen LogP contribution in [0.3, 0.4) is 0 Å². The minimum atomic E-state index is 0.741. The van der Waals surface area contributed by atoms with Crippen molar-refractivity contribution in [3.8, 4) is 11.5 Å². The Labute approximate surface area is 109 Å². The number of hydrogen-bond donors (Lipinski definition) is 0. The SMILES string of the molecule is COc1cc(N(C)CBr)c(OC)cc1SC. The number of hydrogen-bond acceptors (Lipinski definition) is 4. The third kappa shape index (κ3) is 2.77. The standard InChI is InChI=1S/C11H16BrNO2S/c1-13(7-12)8-5-10(15-3)11(16-4)6-9(8)14-2/h5-6H,7H2,1-4H3. The predicted molar refractivity (Wildman–Crippen MR) is 73.5 cm³/mol. The molecule has 0 amide bonds. The Hall–Kier alpha value is -0.550. The van der Waals surface area contributed by atoms with E-state index in [1.807, 2.05) is 30.3 Å². The molecular formula is C11H16BrNO2S. The zero-order chi connectivity index (χ0) is 12.1. The number of benzene rings is 1. The highest BCUT2D eigenvalue weighted by Gasteiger charge is 2.13. The molecule has 1 aromatic rings. The summed E-state index contributed by atoms with van der Waals surface area (Å²) in [4.78, 5) is 3.12. The quantitative estimate of drug-likeness (QED) is 0.473. The number of alkyl halides is 1. The van der Waals surface area contributed by atoms with E-state index in [0.717, 1.165) is 27.5 Å². The number of thioether (sulfide) groups is 1. The first-order valence-corrected chi connectivity index (χ1v) is 7.09. The van der Waals surface area contributed by atoms with Gasteiger partial charge in [0.1, 0.15) is 11.5 Å². The highest BCUT2D eigenvalue weighted by Crippen LogP contribution is 2.39. The molecular weight excluding hydrogens is 290 g/mol. The molecule has 0 bridgehead atoms. The van der Waals surface area contributed by atoms with Crippen LogP contribution in [0, 0.1) is 0 Å². The maximum absolute atomic E-state index is 5.38. The molecule has 0 aliphatic heterocycles. The van der Waals surface area contributed by atoms with Crippen molar-refractivity contribution in [2.45, 2.75) is 4.90 Å². The van der Waals surface area contributed by atoms with Crippen LogP contribution in [-0.4, -0.2) is 33.0 Å². The molecule has 90 valence electrons. The van der Waals surface area contributed by atoms with Crippen molar-refractivity contribution in [3.63, 3.8) is 0 Å². The second-order valence-electron chi connectivity index (χ2n) is 3.20. The van der Waals surface area contributed by atoms with Crippen molar-refractivity contribution in [1.29, 1.82) is 0 Å². The molecule has 5 heteroatoms. The summed E-state index contributed by atoms with van der Waals surface area (Å²) in [6.07, 6.45) is 2.02. The smallest absolute Gasteiger partial charge is 0.143 e. The summed E-state index contributed by atoms with van der Waals surface area (Å²) in [6, 6.07) is 3.99. The van der Waals surface area contributed by atoms with Crippen LogP contribution in [0.4, 0.5) is 5.69 Å². The predicted octanol–water partition coefficient (Wildman–Crippen LogP) is 3.21. The van der Waals surface area contributed by atoms with Crippen LogP contribution in [0.5, 0.6) is 11.5 Å². The Morgan fingerprint density at radius 2 is 1.88 bits per heavy atom. The van der Waals surface area contributed by atoms with Gasteiger partial charge >= 0.3 is 0 Å². The third-order valence-corrected chi connectivity index (χ3v) is 3.79. The van der Waals surface area contributed by atoms with Crippen molar-refractivity contribution in [3.05, 3.63) is 12.1 Å². The highest BCUT2D eigenvalue weighted by molar-refractivity contribution is 9.09. The van der Waals surface area contributed by atoms with E-state index in [1.54, 1.807) is 26.0 Å². The number of nitrogens with zero attached hydrogens (tertiary/aromatic N) is 1. The Kier molecular flexibility index (Phi) is 5.28. The summed E-state index contributed by atoms with van der Waals surface area (Å²) in [5.74, 6) is 1.73. The molecule has 0 unspecified atom stereocenters. The van der Waals surface area contributed by atoms with Gasteiger partial charge in [0.15, 0.2) is 0 Å². The summed E-state index contributed by atoms with van der Waals surface area (Å²) in [5, 5.41) is 0. The van der Waals surface area contributed by atoms with Crippen molar-refractivity contribution >= 4 is 33.4 Å². The molecule has 0 aliphatic carbocycles. The van der Waals surface area contributed by atoms with Crippen LogP contribution in [0.15, 0.2) is 17.0 Å². The maximum atomic E-state index is 5.38. The summed E-state index contributed by atoms with van der Waals surface area (Å²) < 4.78 is 10.7. The van der Waals surface area contributed by atoms with Gasteiger partial charge in [0.05, 0.1) is 30.3 Å². The van der Waals surface area contributed by atoms with Crippen LogP contribution >= 0.6 is 27.7 Å². The Morgan fingerprint density at radius 3 is 2.31 bits per heavy atom. The fraction of sp³-hybridized carbons (Fsp3) is 0.455. The average Bonchev–Trinajstić information content (AvgIpc) is 2.35. The van der Waals surface area contributed by atoms with E-state index < -0.39 is 0 Å². The molecule has 0 aromatic heterocycles. The lowest BCUT2D eigenvalue weighted by Gasteiger charge is -2.21. The van der Waals surface area contributed by atoms with E-state index in [-0.39, 0.29) is 0 Å². The highest BCUT2D eigenvalue weighted by atomic mass is 79.9. The fourth-order valence-electron chi connectivity index (χ4n) is 1.38. The molecule has 0 spiro atoms. The van der Waals surface area contributed by atoms with E-state index in [0.29, 0.717) is 0 Å². The first-order valence-electron chi connectivity index (χ1n) is 4.75. The van der Waals surface area contributed by atoms with Gasteiger partial charge < -0.3 is 14.4 Å². The van der Waals surface area contributed by atoms with Gasteiger partial charge in [-0.2, -0.15) is 0 Å². The minimum Gasteiger partial charge on any atom is -0.496 e. The van der Waals surface area contributed by atoms with Gasteiger partial charge in [-0.15, -0.1) is 11.8 Å². The summed E-state index contributed by atoms with van der Waals surface area (Å²) in [5.41, 5.74) is 1.75. The topological polar surface area (TPSA) is 21.7 Å². The second kappa shape index (κ2) is 6.25. The largest absolute Gasteiger partial charge is 0.496 e. The van der Waals surface area contributed by atoms with Gasteiger partial charge in [-0.3, -0.25) is 0 Å². The average molecular weight is 306 g/mol. The molecule has 0 fully saturated rings. The van der Waals surface area contributed by atoms with E-state index in [2.05, 4.69) is 15.9 Å². The first kappa shape index (κ1) is 13.5. The van der Waals surface area contributed by atoms with Gasteiger partial charge in [-0.1, -0.05) is 15.9 Å². The van der Waals surface area contributed by atoms with Gasteiger partial charge in [0.25, 0.3) is 0 Å². The van der Waals surface area contributed by atoms with E-state index in [4.69, 9.17) is 9.47 Å². The molecule has 0 saturated carbocycles. The molecule has 16 heavy (non-hydrogen) atoms. The Bertz CT molecular complexity index is 360. The molecule has 1 aromatic carbocycles. The molecule has 1 rings (SSSR count). The number of rotatable bonds is 5. The van der Waals surface area contributed by atoms with Gasteiger partial charge in [0.2, 0.25) is 0 Å². The summed E-state index contributed by atoms with van der Waals surface area (Å²) in [6.45, 7) is 0. The second-order valence-corrected chi connectivity index (χ2v) is 4.55. The summed E-state index contributed by atoms with van der Waals surface area (Å²) >= 11 is 5.06. The maximum Gasteiger partial charge on any atom is 0.143 e. The van der Waals surface area contributed by atoms with E-state index in [1.165, 1.54) is 0 Å². The third-order valence-electron chi connectivity index (χ3n) is 2.28. The van der Waals surface area contributed by atoms with Gasteiger partial charge in [0, 0.05) is 13.1 Å².